The monoisotopic (exact) mass is 304 g/mol. The molecule has 0 aromatic heterocycles. The molecule has 0 aromatic rings. The zero-order valence-corrected chi connectivity index (χ0v) is 12.6. The number of alkyl carbamates (subject to hydrolysis) is 1. The second kappa shape index (κ2) is 6.90. The van der Waals surface area contributed by atoms with Crippen LogP contribution in [0.3, 0.4) is 0 Å². The summed E-state index contributed by atoms with van der Waals surface area (Å²) in [6.45, 7) is 1.99. The number of amides is 1. The minimum atomic E-state index is -2.54. The maximum Gasteiger partial charge on any atom is 0.407 e. The number of nitrogens with two attached hydrogens (primary N) is 1. The summed E-state index contributed by atoms with van der Waals surface area (Å²) >= 11 is 0. The second-order valence-corrected chi connectivity index (χ2v) is 6.78. The lowest BCUT2D eigenvalue weighted by molar-refractivity contribution is 0.0756. The van der Waals surface area contributed by atoms with E-state index in [9.17, 15) is 13.6 Å². The fourth-order valence-corrected chi connectivity index (χ4v) is 3.74. The van der Waals surface area contributed by atoms with E-state index in [1.54, 1.807) is 6.92 Å². The molecular weight excluding hydrogens is 278 g/mol. The first-order valence-electron chi connectivity index (χ1n) is 7.90. The second-order valence-electron chi connectivity index (χ2n) is 6.78. The quantitative estimate of drug-likeness (QED) is 0.792. The molecule has 3 N–H and O–H groups in total. The first kappa shape index (κ1) is 16.5. The van der Waals surface area contributed by atoms with Gasteiger partial charge in [-0.15, -0.1) is 0 Å². The molecule has 0 spiro atoms. The van der Waals surface area contributed by atoms with Gasteiger partial charge in [-0.25, -0.2) is 13.6 Å². The summed E-state index contributed by atoms with van der Waals surface area (Å²) in [5.41, 5.74) is 5.04. The van der Waals surface area contributed by atoms with Crippen LogP contribution in [0.5, 0.6) is 0 Å². The van der Waals surface area contributed by atoms with Crippen LogP contribution >= 0.6 is 0 Å². The maximum absolute atomic E-state index is 12.8. The van der Waals surface area contributed by atoms with E-state index in [1.165, 1.54) is 19.3 Å². The Hall–Kier alpha value is -0.910. The summed E-state index contributed by atoms with van der Waals surface area (Å²) in [4.78, 5) is 11.5. The van der Waals surface area contributed by atoms with Crippen molar-refractivity contribution in [2.75, 3.05) is 6.61 Å². The third-order valence-corrected chi connectivity index (χ3v) is 4.91. The Morgan fingerprint density at radius 3 is 2.57 bits per heavy atom. The molecule has 4 nitrogen and oxygen atoms in total. The smallest absolute Gasteiger partial charge is 0.407 e. The van der Waals surface area contributed by atoms with Crippen molar-refractivity contribution in [2.24, 2.45) is 17.6 Å². The highest BCUT2D eigenvalue weighted by molar-refractivity contribution is 5.70. The third kappa shape index (κ3) is 4.28. The molecule has 0 aromatic carbocycles. The molecule has 6 heteroatoms. The van der Waals surface area contributed by atoms with Crippen molar-refractivity contribution in [3.8, 4) is 0 Å². The molecular formula is C15H26F2N2O2. The van der Waals surface area contributed by atoms with E-state index in [-0.39, 0.29) is 12.5 Å². The maximum atomic E-state index is 12.8. The fourth-order valence-electron chi connectivity index (χ4n) is 3.74. The zero-order valence-electron chi connectivity index (χ0n) is 12.6. The summed E-state index contributed by atoms with van der Waals surface area (Å²) in [6, 6.07) is -1.16. The highest BCUT2D eigenvalue weighted by Gasteiger charge is 2.43. The Bertz CT molecular complexity index is 362. The molecule has 2 fully saturated rings. The number of carbonyl (C=O) groups excluding carboxylic acids is 1. The largest absolute Gasteiger partial charge is 0.447 e. The Labute approximate surface area is 124 Å². The molecule has 122 valence electrons. The Balaban J connectivity index is 2.01. The third-order valence-electron chi connectivity index (χ3n) is 4.91. The number of halogens is 2. The van der Waals surface area contributed by atoms with E-state index < -0.39 is 24.1 Å². The van der Waals surface area contributed by atoms with Crippen molar-refractivity contribution in [1.29, 1.82) is 0 Å². The van der Waals surface area contributed by atoms with Crippen molar-refractivity contribution >= 4 is 6.09 Å². The average molecular weight is 304 g/mol. The molecule has 1 aliphatic carbocycles. The van der Waals surface area contributed by atoms with Gasteiger partial charge in [-0.3, -0.25) is 0 Å². The minimum absolute atomic E-state index is 0.266. The van der Waals surface area contributed by atoms with Crippen LogP contribution in [-0.4, -0.2) is 30.7 Å². The SMILES string of the molecule is CC(C[C@@]1(CC2CCCCC2)COC(=O)N1)C(N)C(F)F. The van der Waals surface area contributed by atoms with E-state index in [0.29, 0.717) is 12.3 Å². The number of alkyl halides is 2. The van der Waals surface area contributed by atoms with Crippen molar-refractivity contribution in [3.63, 3.8) is 0 Å². The van der Waals surface area contributed by atoms with Gasteiger partial charge in [-0.05, 0) is 24.7 Å². The van der Waals surface area contributed by atoms with Crippen LogP contribution in [0.25, 0.3) is 0 Å². The molecule has 0 radical (unpaired) electrons. The normalized spacial score (nSPS) is 30.0. The van der Waals surface area contributed by atoms with Crippen LogP contribution in [0.2, 0.25) is 0 Å². The van der Waals surface area contributed by atoms with Gasteiger partial charge < -0.3 is 15.8 Å². The summed E-state index contributed by atoms with van der Waals surface area (Å²) in [7, 11) is 0. The number of carbonyl (C=O) groups is 1. The number of ether oxygens (including phenoxy) is 1. The van der Waals surface area contributed by atoms with Crippen molar-refractivity contribution in [3.05, 3.63) is 0 Å². The Morgan fingerprint density at radius 1 is 1.38 bits per heavy atom. The molecule has 2 rings (SSSR count). The first-order valence-corrected chi connectivity index (χ1v) is 7.90. The van der Waals surface area contributed by atoms with Crippen LogP contribution in [0.15, 0.2) is 0 Å². The Morgan fingerprint density at radius 2 is 2.05 bits per heavy atom. The van der Waals surface area contributed by atoms with Gasteiger partial charge >= 0.3 is 6.09 Å². The molecule has 1 heterocycles. The van der Waals surface area contributed by atoms with Crippen LogP contribution < -0.4 is 11.1 Å². The van der Waals surface area contributed by atoms with Crippen LogP contribution in [-0.2, 0) is 4.74 Å². The van der Waals surface area contributed by atoms with Gasteiger partial charge in [0.25, 0.3) is 6.43 Å². The molecule has 1 saturated heterocycles. The number of nitrogens with one attached hydrogen (secondary N) is 1. The Kier molecular flexibility index (Phi) is 5.41. The van der Waals surface area contributed by atoms with Gasteiger partial charge in [0, 0.05) is 0 Å². The summed E-state index contributed by atoms with van der Waals surface area (Å²) in [5, 5.41) is 2.88. The molecule has 21 heavy (non-hydrogen) atoms. The summed E-state index contributed by atoms with van der Waals surface area (Å²) in [6.07, 6.45) is 4.25. The van der Waals surface area contributed by atoms with Crippen LogP contribution in [0.1, 0.15) is 51.9 Å². The predicted molar refractivity (Wildman–Crippen MR) is 76.2 cm³/mol. The summed E-state index contributed by atoms with van der Waals surface area (Å²) < 4.78 is 30.6. The topological polar surface area (TPSA) is 64.3 Å². The van der Waals surface area contributed by atoms with Crippen molar-refractivity contribution in [1.82, 2.24) is 5.32 Å². The van der Waals surface area contributed by atoms with Crippen LogP contribution in [0, 0.1) is 11.8 Å². The molecule has 2 aliphatic rings. The highest BCUT2D eigenvalue weighted by Crippen LogP contribution is 2.36. The fraction of sp³-hybridized carbons (Fsp3) is 0.933. The molecule has 3 atom stereocenters. The molecule has 0 bridgehead atoms. The molecule has 1 aliphatic heterocycles. The van der Waals surface area contributed by atoms with Crippen molar-refractivity contribution < 1.29 is 18.3 Å². The van der Waals surface area contributed by atoms with E-state index in [2.05, 4.69) is 5.32 Å². The highest BCUT2D eigenvalue weighted by atomic mass is 19.3. The van der Waals surface area contributed by atoms with Gasteiger partial charge in [0.1, 0.15) is 6.61 Å². The molecule has 1 amide bonds. The lowest BCUT2D eigenvalue weighted by Crippen LogP contribution is -2.49. The molecule has 1 saturated carbocycles. The van der Waals surface area contributed by atoms with Gasteiger partial charge in [-0.2, -0.15) is 0 Å². The minimum Gasteiger partial charge on any atom is -0.447 e. The number of rotatable bonds is 6. The zero-order chi connectivity index (χ0) is 15.5. The van der Waals surface area contributed by atoms with Crippen molar-refractivity contribution in [2.45, 2.75) is 69.9 Å². The van der Waals surface area contributed by atoms with E-state index in [1.807, 2.05) is 0 Å². The van der Waals surface area contributed by atoms with E-state index >= 15 is 0 Å². The number of cyclic esters (lactones) is 1. The van der Waals surface area contributed by atoms with Gasteiger partial charge in [0.2, 0.25) is 0 Å². The molecule has 2 unspecified atom stereocenters. The lowest BCUT2D eigenvalue weighted by Gasteiger charge is -2.35. The van der Waals surface area contributed by atoms with E-state index in [4.69, 9.17) is 10.5 Å². The first-order chi connectivity index (χ1) is 9.92. The predicted octanol–water partition coefficient (Wildman–Crippen LogP) is 3.05. The lowest BCUT2D eigenvalue weighted by atomic mass is 9.75. The van der Waals surface area contributed by atoms with Gasteiger partial charge in [0.05, 0.1) is 11.6 Å². The average Bonchev–Trinajstić information content (AvgIpc) is 2.79. The van der Waals surface area contributed by atoms with E-state index in [0.717, 1.165) is 19.3 Å². The van der Waals surface area contributed by atoms with Gasteiger partial charge in [-0.1, -0.05) is 39.0 Å². The number of hydrogen-bond acceptors (Lipinski definition) is 3. The van der Waals surface area contributed by atoms with Crippen LogP contribution in [0.4, 0.5) is 13.6 Å². The standard InChI is InChI=1S/C15H26F2N2O2/c1-10(12(18)13(16)17)7-15(9-21-14(20)19-15)8-11-5-3-2-4-6-11/h10-13H,2-9,18H2,1H3,(H,19,20)/t10?,12?,15-/m1/s1. The summed E-state index contributed by atoms with van der Waals surface area (Å²) in [5.74, 6) is 0.173. The van der Waals surface area contributed by atoms with Gasteiger partial charge in [0.15, 0.2) is 0 Å². The number of hydrogen-bond donors (Lipinski definition) is 2.